The molecule has 0 saturated carbocycles. The van der Waals surface area contributed by atoms with Crippen molar-refractivity contribution in [3.8, 4) is 0 Å². The topological polar surface area (TPSA) is 41.5 Å². The van der Waals surface area contributed by atoms with Crippen LogP contribution in [0.15, 0.2) is 29.4 Å². The number of hydrazone groups is 1. The Bertz CT molecular complexity index is 497. The third-order valence-corrected chi connectivity index (χ3v) is 4.12. The molecule has 3 nitrogen and oxygen atoms in total. The number of rotatable bonds is 12. The first kappa shape index (κ1) is 20.3. The van der Waals surface area contributed by atoms with E-state index in [0.29, 0.717) is 12.1 Å². The number of hydrogen-bond acceptors (Lipinski definition) is 2. The van der Waals surface area contributed by atoms with Crippen molar-refractivity contribution < 1.29 is 9.18 Å². The van der Waals surface area contributed by atoms with Gasteiger partial charge < -0.3 is 0 Å². The lowest BCUT2D eigenvalue weighted by Gasteiger charge is -2.04. The number of nitrogens with zero attached hydrogens (tertiary/aromatic N) is 1. The number of amides is 1. The minimum atomic E-state index is -0.277. The number of carbonyl (C=O) groups excluding carboxylic acids is 1. The second kappa shape index (κ2) is 12.7. The number of halogens is 1. The number of nitrogens with one attached hydrogen (secondary N) is 1. The molecule has 0 unspecified atom stereocenters. The predicted molar refractivity (Wildman–Crippen MR) is 98.6 cm³/mol. The molecule has 0 spiro atoms. The summed E-state index contributed by atoms with van der Waals surface area (Å²) < 4.78 is 12.9. The van der Waals surface area contributed by atoms with Gasteiger partial charge in [-0.1, -0.05) is 70.4 Å². The maximum atomic E-state index is 12.9. The summed E-state index contributed by atoms with van der Waals surface area (Å²) in [5.41, 5.74) is 4.06. The third kappa shape index (κ3) is 9.43. The van der Waals surface area contributed by atoms with Gasteiger partial charge in [0.25, 0.3) is 0 Å². The molecule has 134 valence electrons. The van der Waals surface area contributed by atoms with E-state index in [9.17, 15) is 9.18 Å². The van der Waals surface area contributed by atoms with Crippen molar-refractivity contribution in [3.63, 3.8) is 0 Å². The van der Waals surface area contributed by atoms with Gasteiger partial charge >= 0.3 is 0 Å². The highest BCUT2D eigenvalue weighted by Gasteiger charge is 2.02. The van der Waals surface area contributed by atoms with Crippen molar-refractivity contribution in [2.24, 2.45) is 5.10 Å². The van der Waals surface area contributed by atoms with E-state index >= 15 is 0 Å². The zero-order valence-electron chi connectivity index (χ0n) is 15.1. The molecule has 1 aromatic carbocycles. The van der Waals surface area contributed by atoms with Gasteiger partial charge in [0.15, 0.2) is 0 Å². The average molecular weight is 334 g/mol. The summed E-state index contributed by atoms with van der Waals surface area (Å²) in [6.07, 6.45) is 11.6. The summed E-state index contributed by atoms with van der Waals surface area (Å²) in [4.78, 5) is 11.8. The van der Waals surface area contributed by atoms with Gasteiger partial charge in [-0.25, -0.2) is 9.82 Å². The molecule has 24 heavy (non-hydrogen) atoms. The third-order valence-electron chi connectivity index (χ3n) is 4.12. The van der Waals surface area contributed by atoms with Gasteiger partial charge in [0.2, 0.25) is 5.91 Å². The first-order valence-electron chi connectivity index (χ1n) is 9.22. The SMILES string of the molecule is CCCCCCCCCCCC(=O)N/N=C(\C)c1ccc(F)cc1. The number of carbonyl (C=O) groups is 1. The Morgan fingerprint density at radius 1 is 0.958 bits per heavy atom. The average Bonchev–Trinajstić information content (AvgIpc) is 2.59. The zero-order valence-corrected chi connectivity index (χ0v) is 15.1. The highest BCUT2D eigenvalue weighted by Crippen LogP contribution is 2.10. The van der Waals surface area contributed by atoms with Crippen LogP contribution < -0.4 is 5.43 Å². The molecule has 0 aliphatic rings. The van der Waals surface area contributed by atoms with Crippen LogP contribution in [0.4, 0.5) is 4.39 Å². The minimum Gasteiger partial charge on any atom is -0.273 e. The lowest BCUT2D eigenvalue weighted by atomic mass is 10.1. The molecule has 1 rings (SSSR count). The van der Waals surface area contributed by atoms with Crippen LogP contribution >= 0.6 is 0 Å². The summed E-state index contributed by atoms with van der Waals surface area (Å²) >= 11 is 0. The summed E-state index contributed by atoms with van der Waals surface area (Å²) in [5, 5.41) is 4.08. The van der Waals surface area contributed by atoms with Crippen molar-refractivity contribution in [2.45, 2.75) is 78.1 Å². The fourth-order valence-electron chi connectivity index (χ4n) is 2.55. The second-order valence-corrected chi connectivity index (χ2v) is 6.32. The van der Waals surface area contributed by atoms with E-state index in [1.807, 2.05) is 0 Å². The zero-order chi connectivity index (χ0) is 17.6. The van der Waals surface area contributed by atoms with Crippen molar-refractivity contribution in [1.29, 1.82) is 0 Å². The van der Waals surface area contributed by atoms with Crippen LogP contribution in [0.5, 0.6) is 0 Å². The van der Waals surface area contributed by atoms with E-state index in [1.54, 1.807) is 19.1 Å². The second-order valence-electron chi connectivity index (χ2n) is 6.32. The fourth-order valence-corrected chi connectivity index (χ4v) is 2.55. The number of benzene rings is 1. The Kier molecular flexibility index (Phi) is 10.7. The molecule has 0 aromatic heterocycles. The van der Waals surface area contributed by atoms with E-state index in [1.165, 1.54) is 57.1 Å². The molecular formula is C20H31FN2O. The van der Waals surface area contributed by atoms with Gasteiger partial charge in [-0.2, -0.15) is 5.10 Å². The monoisotopic (exact) mass is 334 g/mol. The van der Waals surface area contributed by atoms with E-state index in [0.717, 1.165) is 18.4 Å². The standard InChI is InChI=1S/C20H31FN2O/c1-3-4-5-6-7-8-9-10-11-12-20(24)23-22-17(2)18-13-15-19(21)16-14-18/h13-16H,3-12H2,1-2H3,(H,23,24)/b22-17+. The number of unbranched alkanes of at least 4 members (excludes halogenated alkanes) is 8. The molecule has 0 heterocycles. The van der Waals surface area contributed by atoms with Crippen molar-refractivity contribution in [3.05, 3.63) is 35.6 Å². The van der Waals surface area contributed by atoms with Crippen LogP contribution in [0.3, 0.4) is 0 Å². The van der Waals surface area contributed by atoms with Crippen molar-refractivity contribution in [2.75, 3.05) is 0 Å². The van der Waals surface area contributed by atoms with Gasteiger partial charge in [-0.15, -0.1) is 0 Å². The largest absolute Gasteiger partial charge is 0.273 e. The van der Waals surface area contributed by atoms with Crippen LogP contribution in [0.2, 0.25) is 0 Å². The Morgan fingerprint density at radius 2 is 1.50 bits per heavy atom. The highest BCUT2D eigenvalue weighted by atomic mass is 19.1. The summed E-state index contributed by atoms with van der Waals surface area (Å²) in [6.45, 7) is 4.03. The Balaban J connectivity index is 2.09. The van der Waals surface area contributed by atoms with Crippen molar-refractivity contribution >= 4 is 11.6 Å². The van der Waals surface area contributed by atoms with Crippen LogP contribution in [0.25, 0.3) is 0 Å². The molecule has 0 saturated heterocycles. The molecule has 1 N–H and O–H groups in total. The molecule has 0 aliphatic carbocycles. The van der Waals surface area contributed by atoms with Gasteiger partial charge in [0, 0.05) is 6.42 Å². The predicted octanol–water partition coefficient (Wildman–Crippen LogP) is 5.59. The van der Waals surface area contributed by atoms with Gasteiger partial charge in [0.1, 0.15) is 5.82 Å². The maximum absolute atomic E-state index is 12.9. The summed E-state index contributed by atoms with van der Waals surface area (Å²) in [5.74, 6) is -0.333. The Labute approximate surface area is 145 Å². The molecule has 0 bridgehead atoms. The lowest BCUT2D eigenvalue weighted by molar-refractivity contribution is -0.121. The highest BCUT2D eigenvalue weighted by molar-refractivity contribution is 5.99. The molecule has 0 radical (unpaired) electrons. The Hall–Kier alpha value is -1.71. The first-order valence-corrected chi connectivity index (χ1v) is 9.22. The van der Waals surface area contributed by atoms with E-state index in [-0.39, 0.29) is 11.7 Å². The smallest absolute Gasteiger partial charge is 0.240 e. The van der Waals surface area contributed by atoms with Crippen LogP contribution in [-0.4, -0.2) is 11.6 Å². The van der Waals surface area contributed by atoms with E-state index in [4.69, 9.17) is 0 Å². The van der Waals surface area contributed by atoms with E-state index in [2.05, 4.69) is 17.5 Å². The van der Waals surface area contributed by atoms with Gasteiger partial charge in [-0.05, 0) is 31.0 Å². The normalized spacial score (nSPS) is 11.5. The molecule has 0 aliphatic heterocycles. The lowest BCUT2D eigenvalue weighted by Crippen LogP contribution is -2.18. The quantitative estimate of drug-likeness (QED) is 0.302. The number of hydrogen-bond donors (Lipinski definition) is 1. The molecule has 0 fully saturated rings. The molecule has 4 heteroatoms. The van der Waals surface area contributed by atoms with Gasteiger partial charge in [0.05, 0.1) is 5.71 Å². The van der Waals surface area contributed by atoms with Gasteiger partial charge in [-0.3, -0.25) is 4.79 Å². The van der Waals surface area contributed by atoms with Crippen molar-refractivity contribution in [1.82, 2.24) is 5.43 Å². The fraction of sp³-hybridized carbons (Fsp3) is 0.600. The summed E-state index contributed by atoms with van der Waals surface area (Å²) in [6, 6.07) is 6.08. The molecule has 0 atom stereocenters. The molecule has 1 aromatic rings. The van der Waals surface area contributed by atoms with Crippen LogP contribution in [-0.2, 0) is 4.79 Å². The van der Waals surface area contributed by atoms with Crippen LogP contribution in [0.1, 0.15) is 83.6 Å². The maximum Gasteiger partial charge on any atom is 0.240 e. The van der Waals surface area contributed by atoms with E-state index < -0.39 is 0 Å². The molecule has 1 amide bonds. The molecular weight excluding hydrogens is 303 g/mol. The van der Waals surface area contributed by atoms with Crippen LogP contribution in [0, 0.1) is 5.82 Å². The minimum absolute atomic E-state index is 0.0561. The first-order chi connectivity index (χ1) is 11.6. The summed E-state index contributed by atoms with van der Waals surface area (Å²) in [7, 11) is 0. The Morgan fingerprint density at radius 3 is 2.08 bits per heavy atom.